The second kappa shape index (κ2) is 9.74. The maximum atomic E-state index is 12.4. The van der Waals surface area contributed by atoms with Gasteiger partial charge in [-0.2, -0.15) is 0 Å². The molecule has 34 heavy (non-hydrogen) atoms. The first-order valence-electron chi connectivity index (χ1n) is 10.8. The summed E-state index contributed by atoms with van der Waals surface area (Å²) < 4.78 is 15.9. The van der Waals surface area contributed by atoms with Crippen molar-refractivity contribution in [3.05, 3.63) is 70.5 Å². The van der Waals surface area contributed by atoms with Crippen molar-refractivity contribution in [2.75, 3.05) is 19.5 Å². The summed E-state index contributed by atoms with van der Waals surface area (Å²) in [6, 6.07) is 10.1. The molecule has 3 aromatic rings. The molecule has 0 saturated heterocycles. The van der Waals surface area contributed by atoms with Crippen LogP contribution in [-0.4, -0.2) is 36.2 Å². The van der Waals surface area contributed by atoms with Crippen LogP contribution in [0.1, 0.15) is 34.4 Å². The Morgan fingerprint density at radius 2 is 1.82 bits per heavy atom. The Hall–Kier alpha value is -4.20. The van der Waals surface area contributed by atoms with E-state index in [2.05, 4.69) is 10.3 Å². The number of rotatable bonds is 8. The second-order valence-electron chi connectivity index (χ2n) is 7.98. The number of anilines is 1. The van der Waals surface area contributed by atoms with Crippen LogP contribution < -0.4 is 14.8 Å². The summed E-state index contributed by atoms with van der Waals surface area (Å²) in [5, 5.41) is 12.4. The number of nitrogens with one attached hydrogen (secondary N) is 2. The van der Waals surface area contributed by atoms with E-state index in [0.717, 1.165) is 27.9 Å². The van der Waals surface area contributed by atoms with E-state index in [9.17, 15) is 14.7 Å². The lowest BCUT2D eigenvalue weighted by atomic mass is 10.0. The molecule has 176 valence electrons. The smallest absolute Gasteiger partial charge is 0.306 e. The fourth-order valence-corrected chi connectivity index (χ4v) is 3.86. The van der Waals surface area contributed by atoms with Crippen LogP contribution in [0.4, 0.5) is 5.69 Å². The van der Waals surface area contributed by atoms with E-state index in [1.54, 1.807) is 50.6 Å². The third-order valence-corrected chi connectivity index (χ3v) is 5.77. The Morgan fingerprint density at radius 3 is 2.53 bits per heavy atom. The number of ether oxygens (including phenoxy) is 3. The number of carbonyl (C=O) groups is 2. The zero-order valence-electron chi connectivity index (χ0n) is 19.2. The zero-order chi connectivity index (χ0) is 24.2. The fourth-order valence-electron chi connectivity index (χ4n) is 3.86. The zero-order valence-corrected chi connectivity index (χ0v) is 19.2. The number of methoxy groups -OCH3 is 2. The molecule has 8 heteroatoms. The third-order valence-electron chi connectivity index (χ3n) is 5.77. The van der Waals surface area contributed by atoms with Crippen molar-refractivity contribution in [2.45, 2.75) is 26.4 Å². The van der Waals surface area contributed by atoms with Gasteiger partial charge in [-0.15, -0.1) is 0 Å². The van der Waals surface area contributed by atoms with Gasteiger partial charge in [-0.25, -0.2) is 0 Å². The number of fused-ring (bicyclic) bond motifs is 1. The molecule has 2 aromatic carbocycles. The molecule has 0 spiro atoms. The highest BCUT2D eigenvalue weighted by atomic mass is 16.5. The summed E-state index contributed by atoms with van der Waals surface area (Å²) in [5.74, 6) is 0.812. The number of benzene rings is 2. The van der Waals surface area contributed by atoms with Crippen molar-refractivity contribution in [2.24, 2.45) is 0 Å². The lowest BCUT2D eigenvalue weighted by Crippen LogP contribution is -2.06. The van der Waals surface area contributed by atoms with Crippen molar-refractivity contribution >= 4 is 29.2 Å². The molecule has 0 bridgehead atoms. The first-order valence-corrected chi connectivity index (χ1v) is 10.8. The molecule has 8 nitrogen and oxygen atoms in total. The lowest BCUT2D eigenvalue weighted by molar-refractivity contribution is -0.144. The number of aryl methyl sites for hydroxylation is 1. The predicted molar refractivity (Wildman–Crippen MR) is 128 cm³/mol. The SMILES string of the molecule is COc1cc(COC(=O)CCc2c[nH]c(C=C3C(=O)Nc4cc(O)ccc43)c2C)cc(OC)c1. The molecule has 4 rings (SSSR count). The van der Waals surface area contributed by atoms with Crippen LogP contribution in [0, 0.1) is 6.92 Å². The predicted octanol–water partition coefficient (Wildman–Crippen LogP) is 4.21. The number of H-pyrrole nitrogens is 1. The quantitative estimate of drug-likeness (QED) is 0.342. The number of hydrogen-bond acceptors (Lipinski definition) is 6. The normalized spacial score (nSPS) is 13.5. The van der Waals surface area contributed by atoms with Gasteiger partial charge in [0.25, 0.3) is 5.91 Å². The van der Waals surface area contributed by atoms with E-state index in [1.807, 2.05) is 13.1 Å². The van der Waals surface area contributed by atoms with Gasteiger partial charge in [0.1, 0.15) is 23.9 Å². The maximum Gasteiger partial charge on any atom is 0.306 e. The van der Waals surface area contributed by atoms with Crippen LogP contribution in [0.2, 0.25) is 0 Å². The number of carbonyl (C=O) groups excluding carboxylic acids is 2. The average molecular weight is 463 g/mol. The first kappa shape index (κ1) is 23.0. The molecule has 3 N–H and O–H groups in total. The molecule has 0 atom stereocenters. The molecule has 0 radical (unpaired) electrons. The first-order chi connectivity index (χ1) is 16.4. The standard InChI is InChI=1S/C26H26N2O6/c1-15-17(4-7-25(30)34-14-16-8-19(32-2)11-20(9-16)33-3)13-27-23(15)12-22-21-6-5-18(29)10-24(21)28-26(22)31/h5-6,8-13,27,29H,4,7,14H2,1-3H3,(H,28,31). The van der Waals surface area contributed by atoms with Gasteiger partial charge in [-0.05, 0) is 60.4 Å². The van der Waals surface area contributed by atoms with E-state index >= 15 is 0 Å². The van der Waals surface area contributed by atoms with E-state index in [1.165, 1.54) is 6.07 Å². The number of esters is 1. The van der Waals surface area contributed by atoms with E-state index < -0.39 is 0 Å². The van der Waals surface area contributed by atoms with Gasteiger partial charge in [0.05, 0.1) is 25.5 Å². The molecule has 2 heterocycles. The van der Waals surface area contributed by atoms with Gasteiger partial charge in [0.2, 0.25) is 0 Å². The van der Waals surface area contributed by atoms with Crippen molar-refractivity contribution in [1.29, 1.82) is 0 Å². The maximum absolute atomic E-state index is 12.4. The minimum atomic E-state index is -0.314. The second-order valence-corrected chi connectivity index (χ2v) is 7.98. The highest BCUT2D eigenvalue weighted by Gasteiger charge is 2.25. The van der Waals surface area contributed by atoms with Crippen molar-refractivity contribution in [3.8, 4) is 17.2 Å². The number of aromatic amines is 1. The number of phenolic OH excluding ortho intramolecular Hbond substituents is 1. The number of aromatic nitrogens is 1. The van der Waals surface area contributed by atoms with Crippen molar-refractivity contribution in [1.82, 2.24) is 4.98 Å². The van der Waals surface area contributed by atoms with Gasteiger partial charge in [-0.1, -0.05) is 0 Å². The van der Waals surface area contributed by atoms with Gasteiger partial charge in [-0.3, -0.25) is 9.59 Å². The van der Waals surface area contributed by atoms with Crippen LogP contribution in [0.25, 0.3) is 11.6 Å². The summed E-state index contributed by atoms with van der Waals surface area (Å²) in [7, 11) is 3.13. The largest absolute Gasteiger partial charge is 0.508 e. The molecule has 1 aliphatic heterocycles. The topological polar surface area (TPSA) is 110 Å². The average Bonchev–Trinajstić information content (AvgIpc) is 3.34. The Bertz CT molecular complexity index is 1250. The van der Waals surface area contributed by atoms with Crippen molar-refractivity contribution < 1.29 is 28.9 Å². The van der Waals surface area contributed by atoms with E-state index in [0.29, 0.717) is 29.2 Å². The molecule has 0 saturated carbocycles. The van der Waals surface area contributed by atoms with Gasteiger partial charge in [0, 0.05) is 36.0 Å². The summed E-state index contributed by atoms with van der Waals surface area (Å²) >= 11 is 0. The molecular weight excluding hydrogens is 436 g/mol. The minimum absolute atomic E-state index is 0.0936. The molecule has 0 unspecified atom stereocenters. The molecule has 0 fully saturated rings. The van der Waals surface area contributed by atoms with Crippen LogP contribution in [-0.2, 0) is 27.4 Å². The number of hydrogen-bond donors (Lipinski definition) is 3. The van der Waals surface area contributed by atoms with Crippen LogP contribution >= 0.6 is 0 Å². The Morgan fingerprint density at radius 1 is 1.09 bits per heavy atom. The molecule has 1 aromatic heterocycles. The molecule has 0 aliphatic carbocycles. The molecular formula is C26H26N2O6. The number of phenols is 1. The Labute approximate surface area is 197 Å². The van der Waals surface area contributed by atoms with Gasteiger partial charge >= 0.3 is 5.97 Å². The van der Waals surface area contributed by atoms with E-state index in [4.69, 9.17) is 14.2 Å². The molecule has 1 aliphatic rings. The summed E-state index contributed by atoms with van der Waals surface area (Å²) in [6.45, 7) is 2.07. The van der Waals surface area contributed by atoms with Gasteiger partial charge in [0.15, 0.2) is 0 Å². The van der Waals surface area contributed by atoms with Crippen LogP contribution in [0.5, 0.6) is 17.2 Å². The van der Waals surface area contributed by atoms with Crippen LogP contribution in [0.15, 0.2) is 42.6 Å². The Kier molecular flexibility index (Phi) is 6.58. The Balaban J connectivity index is 1.38. The summed E-state index contributed by atoms with van der Waals surface area (Å²) in [6.07, 6.45) is 4.35. The fraction of sp³-hybridized carbons (Fsp3) is 0.231. The third kappa shape index (κ3) is 4.91. The summed E-state index contributed by atoms with van der Waals surface area (Å²) in [5.41, 5.74) is 5.32. The van der Waals surface area contributed by atoms with Gasteiger partial charge < -0.3 is 29.6 Å². The summed E-state index contributed by atoms with van der Waals surface area (Å²) in [4.78, 5) is 27.9. The highest BCUT2D eigenvalue weighted by molar-refractivity contribution is 6.34. The molecule has 1 amide bonds. The number of aromatic hydroxyl groups is 1. The minimum Gasteiger partial charge on any atom is -0.508 e. The monoisotopic (exact) mass is 462 g/mol. The van der Waals surface area contributed by atoms with Crippen LogP contribution in [0.3, 0.4) is 0 Å². The lowest BCUT2D eigenvalue weighted by Gasteiger charge is -2.09. The van der Waals surface area contributed by atoms with Crippen molar-refractivity contribution in [3.63, 3.8) is 0 Å². The van der Waals surface area contributed by atoms with E-state index in [-0.39, 0.29) is 30.7 Å². The number of amides is 1. The highest BCUT2D eigenvalue weighted by Crippen LogP contribution is 2.35.